The Kier molecular flexibility index (Phi) is 1.40. The monoisotopic (exact) mass is 170 g/mol. The van der Waals surface area contributed by atoms with Gasteiger partial charge >= 0.3 is 0 Å². The number of benzene rings is 1. The Morgan fingerprint density at radius 1 is 1.08 bits per heavy atom. The topological polar surface area (TPSA) is 0 Å². The molecule has 4 rings (SSSR count). The molecular weight excluding hydrogens is 156 g/mol. The summed E-state index contributed by atoms with van der Waals surface area (Å²) < 4.78 is 0. The van der Waals surface area contributed by atoms with E-state index in [0.717, 1.165) is 11.8 Å². The molecule has 2 bridgehead atoms. The zero-order valence-corrected chi connectivity index (χ0v) is 7.96. The second-order valence-corrected chi connectivity index (χ2v) is 4.28. The second-order valence-electron chi connectivity index (χ2n) is 4.28. The van der Waals surface area contributed by atoms with Crippen LogP contribution in [0, 0.1) is 0 Å². The fourth-order valence-corrected chi connectivity index (χ4v) is 2.90. The molecule has 1 aromatic rings. The lowest BCUT2D eigenvalue weighted by atomic mass is 9.68. The van der Waals surface area contributed by atoms with E-state index in [1.807, 2.05) is 0 Å². The maximum absolute atomic E-state index is 2.47. The van der Waals surface area contributed by atoms with Crippen LogP contribution in [0.1, 0.15) is 42.7 Å². The van der Waals surface area contributed by atoms with Crippen molar-refractivity contribution in [3.05, 3.63) is 47.0 Å². The van der Waals surface area contributed by atoms with Gasteiger partial charge in [0.2, 0.25) is 0 Å². The Hall–Kier alpha value is -1.04. The third kappa shape index (κ3) is 0.918. The number of hydrogen-bond acceptors (Lipinski definition) is 0. The van der Waals surface area contributed by atoms with Gasteiger partial charge in [-0.25, -0.2) is 0 Å². The van der Waals surface area contributed by atoms with Crippen LogP contribution >= 0.6 is 0 Å². The van der Waals surface area contributed by atoms with Crippen molar-refractivity contribution >= 4 is 0 Å². The van der Waals surface area contributed by atoms with Gasteiger partial charge in [-0.15, -0.1) is 0 Å². The quantitative estimate of drug-likeness (QED) is 0.522. The van der Waals surface area contributed by atoms with Crippen LogP contribution < -0.4 is 0 Å². The molecule has 1 aromatic carbocycles. The van der Waals surface area contributed by atoms with Crippen LogP contribution in [0.15, 0.2) is 35.9 Å². The van der Waals surface area contributed by atoms with E-state index >= 15 is 0 Å². The fraction of sp³-hybridized carbons (Fsp3) is 0.385. The maximum Gasteiger partial charge on any atom is 0.00488 e. The van der Waals surface area contributed by atoms with Crippen LogP contribution in [0.3, 0.4) is 0 Å². The van der Waals surface area contributed by atoms with Crippen molar-refractivity contribution in [2.45, 2.75) is 31.6 Å². The molecule has 0 heterocycles. The molecule has 3 aliphatic carbocycles. The van der Waals surface area contributed by atoms with E-state index in [2.05, 4.69) is 37.3 Å². The molecule has 0 heteroatoms. The molecule has 0 aliphatic heterocycles. The minimum Gasteiger partial charge on any atom is -0.0775 e. The molecule has 66 valence electrons. The van der Waals surface area contributed by atoms with Crippen molar-refractivity contribution in [2.24, 2.45) is 0 Å². The maximum atomic E-state index is 2.47. The van der Waals surface area contributed by atoms with Crippen LogP contribution in [0.5, 0.6) is 0 Å². The SMILES string of the molecule is CC1=C[C@H]2CC[C@@H]1c1ccccc12. The summed E-state index contributed by atoms with van der Waals surface area (Å²) in [5.41, 5.74) is 4.78. The predicted molar refractivity (Wildman–Crippen MR) is 54.9 cm³/mol. The van der Waals surface area contributed by atoms with Crippen LogP contribution in [0.4, 0.5) is 0 Å². The van der Waals surface area contributed by atoms with Crippen LogP contribution in [0.2, 0.25) is 0 Å². The van der Waals surface area contributed by atoms with E-state index in [-0.39, 0.29) is 0 Å². The van der Waals surface area contributed by atoms with Crippen LogP contribution in [0.25, 0.3) is 0 Å². The molecule has 0 saturated carbocycles. The Morgan fingerprint density at radius 3 is 2.62 bits per heavy atom. The summed E-state index contributed by atoms with van der Waals surface area (Å²) >= 11 is 0. The van der Waals surface area contributed by atoms with Crippen molar-refractivity contribution < 1.29 is 0 Å². The van der Waals surface area contributed by atoms with Gasteiger partial charge in [-0.05, 0) is 30.9 Å². The Morgan fingerprint density at radius 2 is 1.85 bits per heavy atom. The van der Waals surface area contributed by atoms with E-state index in [0.29, 0.717) is 0 Å². The van der Waals surface area contributed by atoms with Gasteiger partial charge in [0.05, 0.1) is 0 Å². The number of rotatable bonds is 0. The van der Waals surface area contributed by atoms with Gasteiger partial charge in [-0.2, -0.15) is 0 Å². The summed E-state index contributed by atoms with van der Waals surface area (Å²) in [6.07, 6.45) is 5.19. The van der Waals surface area contributed by atoms with Crippen molar-refractivity contribution in [1.29, 1.82) is 0 Å². The second kappa shape index (κ2) is 2.47. The molecular formula is C13H14. The number of allylic oxidation sites excluding steroid dienone is 2. The first-order chi connectivity index (χ1) is 6.36. The molecule has 0 nitrogen and oxygen atoms in total. The van der Waals surface area contributed by atoms with E-state index < -0.39 is 0 Å². The van der Waals surface area contributed by atoms with Crippen molar-refractivity contribution in [3.63, 3.8) is 0 Å². The van der Waals surface area contributed by atoms with Crippen molar-refractivity contribution in [2.75, 3.05) is 0 Å². The molecule has 0 radical (unpaired) electrons. The summed E-state index contributed by atoms with van der Waals surface area (Å²) in [5, 5.41) is 0. The number of fused-ring (bicyclic) bond motifs is 1. The van der Waals surface area contributed by atoms with Gasteiger partial charge in [0.25, 0.3) is 0 Å². The molecule has 2 atom stereocenters. The Labute approximate surface area is 79.3 Å². The smallest absolute Gasteiger partial charge is 0.00488 e. The first-order valence-electron chi connectivity index (χ1n) is 5.13. The lowest BCUT2D eigenvalue weighted by Crippen LogP contribution is -2.19. The Balaban J connectivity index is 2.23. The average molecular weight is 170 g/mol. The van der Waals surface area contributed by atoms with Gasteiger partial charge in [0, 0.05) is 11.8 Å². The number of hydrogen-bond donors (Lipinski definition) is 0. The van der Waals surface area contributed by atoms with E-state index in [1.165, 1.54) is 12.8 Å². The molecule has 0 unspecified atom stereocenters. The molecule has 0 aromatic heterocycles. The normalized spacial score (nSPS) is 29.8. The standard InChI is InChI=1S/C13H14/c1-9-8-10-6-7-11(9)13-5-3-2-4-12(10)13/h2-5,8,10-11H,6-7H2,1H3/t10-,11+/m1/s1. The highest BCUT2D eigenvalue weighted by Crippen LogP contribution is 2.48. The largest absolute Gasteiger partial charge is 0.0775 e. The average Bonchev–Trinajstić information content (AvgIpc) is 2.19. The van der Waals surface area contributed by atoms with Gasteiger partial charge in [0.15, 0.2) is 0 Å². The van der Waals surface area contributed by atoms with Crippen molar-refractivity contribution in [1.82, 2.24) is 0 Å². The minimum absolute atomic E-state index is 0.723. The Bertz CT molecular complexity index is 373. The highest BCUT2D eigenvalue weighted by Gasteiger charge is 2.31. The van der Waals surface area contributed by atoms with E-state index in [9.17, 15) is 0 Å². The van der Waals surface area contributed by atoms with Gasteiger partial charge < -0.3 is 0 Å². The molecule has 0 amide bonds. The van der Waals surface area contributed by atoms with E-state index in [4.69, 9.17) is 0 Å². The zero-order chi connectivity index (χ0) is 8.84. The predicted octanol–water partition coefficient (Wildman–Crippen LogP) is 3.61. The van der Waals surface area contributed by atoms with Crippen LogP contribution in [-0.2, 0) is 0 Å². The highest BCUT2D eigenvalue weighted by atomic mass is 14.3. The molecule has 3 aliphatic rings. The summed E-state index contributed by atoms with van der Waals surface area (Å²) in [6, 6.07) is 8.95. The first-order valence-corrected chi connectivity index (χ1v) is 5.13. The first kappa shape index (κ1) is 7.37. The molecule has 0 N–H and O–H groups in total. The van der Waals surface area contributed by atoms with E-state index in [1.54, 1.807) is 16.7 Å². The van der Waals surface area contributed by atoms with Crippen molar-refractivity contribution in [3.8, 4) is 0 Å². The fourth-order valence-electron chi connectivity index (χ4n) is 2.90. The molecule has 0 spiro atoms. The lowest BCUT2D eigenvalue weighted by Gasteiger charge is -2.36. The van der Waals surface area contributed by atoms with Gasteiger partial charge in [0.1, 0.15) is 0 Å². The summed E-state index contributed by atoms with van der Waals surface area (Å²) in [5.74, 6) is 1.46. The summed E-state index contributed by atoms with van der Waals surface area (Å²) in [4.78, 5) is 0. The lowest BCUT2D eigenvalue weighted by molar-refractivity contribution is 0.530. The zero-order valence-electron chi connectivity index (χ0n) is 7.96. The third-order valence-electron chi connectivity index (χ3n) is 3.55. The summed E-state index contributed by atoms with van der Waals surface area (Å²) in [6.45, 7) is 2.28. The molecule has 13 heavy (non-hydrogen) atoms. The van der Waals surface area contributed by atoms with Gasteiger partial charge in [-0.1, -0.05) is 35.9 Å². The minimum atomic E-state index is 0.723. The highest BCUT2D eigenvalue weighted by molar-refractivity contribution is 5.46. The summed E-state index contributed by atoms with van der Waals surface area (Å²) in [7, 11) is 0. The third-order valence-corrected chi connectivity index (χ3v) is 3.55. The van der Waals surface area contributed by atoms with Crippen LogP contribution in [-0.4, -0.2) is 0 Å². The van der Waals surface area contributed by atoms with Gasteiger partial charge in [-0.3, -0.25) is 0 Å². The molecule has 0 saturated heterocycles. The molecule has 0 fully saturated rings.